The number of hydrogen-bond donors (Lipinski definition) is 0. The molecule has 0 spiro atoms. The predicted molar refractivity (Wildman–Crippen MR) is 67.9 cm³/mol. The van der Waals surface area contributed by atoms with E-state index in [1.54, 1.807) is 19.1 Å². The summed E-state index contributed by atoms with van der Waals surface area (Å²) in [5, 5.41) is 0. The Kier molecular flexibility index (Phi) is 5.39. The molecule has 0 amide bonds. The van der Waals surface area contributed by atoms with Crippen molar-refractivity contribution in [3.8, 4) is 0 Å². The van der Waals surface area contributed by atoms with Crippen LogP contribution < -0.4 is 0 Å². The van der Waals surface area contributed by atoms with Crippen LogP contribution in [0.15, 0.2) is 29.3 Å². The number of esters is 1. The van der Waals surface area contributed by atoms with E-state index in [4.69, 9.17) is 4.74 Å². The van der Waals surface area contributed by atoms with Gasteiger partial charge in [-0.1, -0.05) is 12.1 Å². The third-order valence-corrected chi connectivity index (χ3v) is 2.82. The van der Waals surface area contributed by atoms with Crippen LogP contribution in [0.2, 0.25) is 0 Å². The lowest BCUT2D eigenvalue weighted by atomic mass is 9.94. The van der Waals surface area contributed by atoms with Crippen molar-refractivity contribution in [1.29, 1.82) is 0 Å². The molecule has 0 N–H and O–H groups in total. The van der Waals surface area contributed by atoms with Gasteiger partial charge in [0.25, 0.3) is 0 Å². The third-order valence-electron chi connectivity index (χ3n) is 2.82. The van der Waals surface area contributed by atoms with Gasteiger partial charge in [-0.3, -0.25) is 0 Å². The molecule has 0 saturated carbocycles. The predicted octanol–water partition coefficient (Wildman–Crippen LogP) is 2.42. The first-order chi connectivity index (χ1) is 9.01. The number of carbonyl (C=O) groups is 1. The van der Waals surface area contributed by atoms with Crippen molar-refractivity contribution in [2.45, 2.75) is 32.2 Å². The van der Waals surface area contributed by atoms with Gasteiger partial charge in [-0.15, -0.1) is 0 Å². The Hall–Kier alpha value is -2.00. The highest BCUT2D eigenvalue weighted by atomic mass is 19.1. The molecule has 0 heterocycles. The monoisotopic (exact) mass is 265 g/mol. The van der Waals surface area contributed by atoms with E-state index in [9.17, 15) is 14.0 Å². The highest BCUT2D eigenvalue weighted by molar-refractivity contribution is 5.81. The number of halogens is 1. The summed E-state index contributed by atoms with van der Waals surface area (Å²) >= 11 is 0. The van der Waals surface area contributed by atoms with Crippen molar-refractivity contribution in [2.75, 3.05) is 6.61 Å². The Bertz CT molecular complexity index is 480. The second-order valence-corrected chi connectivity index (χ2v) is 4.32. The summed E-state index contributed by atoms with van der Waals surface area (Å²) in [6, 6.07) is 5.96. The Morgan fingerprint density at radius 1 is 1.42 bits per heavy atom. The summed E-state index contributed by atoms with van der Waals surface area (Å²) in [5.41, 5.74) is -0.385. The van der Waals surface area contributed by atoms with Gasteiger partial charge in [-0.05, 0) is 44.4 Å². The summed E-state index contributed by atoms with van der Waals surface area (Å²) in [6.45, 7) is 3.43. The molecule has 0 aliphatic carbocycles. The summed E-state index contributed by atoms with van der Waals surface area (Å²) in [5.74, 6) is -0.872. The smallest absolute Gasteiger partial charge is 0.334 e. The molecule has 1 unspecified atom stereocenters. The zero-order chi connectivity index (χ0) is 14.3. The van der Waals surface area contributed by atoms with Crippen LogP contribution in [0.4, 0.5) is 4.39 Å². The number of aryl methyl sites for hydroxylation is 1. The van der Waals surface area contributed by atoms with E-state index >= 15 is 0 Å². The molecule has 1 aromatic carbocycles. The van der Waals surface area contributed by atoms with Crippen LogP contribution >= 0.6 is 0 Å². The summed E-state index contributed by atoms with van der Waals surface area (Å²) in [7, 11) is 0. The van der Waals surface area contributed by atoms with Crippen molar-refractivity contribution in [2.24, 2.45) is 4.99 Å². The number of nitrogens with zero attached hydrogens (tertiary/aromatic N) is 1. The largest absolute Gasteiger partial charge is 0.464 e. The molecule has 5 heteroatoms. The maximum absolute atomic E-state index is 12.8. The van der Waals surface area contributed by atoms with Crippen molar-refractivity contribution in [3.05, 3.63) is 35.6 Å². The second kappa shape index (κ2) is 6.81. The molecule has 0 saturated heterocycles. The molecule has 0 aliphatic heterocycles. The number of isocyanates is 1. The normalized spacial score (nSPS) is 13.2. The fourth-order valence-electron chi connectivity index (χ4n) is 1.63. The van der Waals surface area contributed by atoms with Crippen LogP contribution in [-0.2, 0) is 20.7 Å². The topological polar surface area (TPSA) is 55.7 Å². The van der Waals surface area contributed by atoms with Crippen LogP contribution in [0, 0.1) is 5.82 Å². The lowest BCUT2D eigenvalue weighted by Crippen LogP contribution is -2.35. The van der Waals surface area contributed by atoms with E-state index in [1.165, 1.54) is 25.1 Å². The molecular formula is C14H16FNO3. The van der Waals surface area contributed by atoms with Crippen molar-refractivity contribution in [1.82, 2.24) is 0 Å². The molecule has 0 radical (unpaired) electrons. The first kappa shape index (κ1) is 15.1. The maximum atomic E-state index is 12.8. The van der Waals surface area contributed by atoms with E-state index in [0.29, 0.717) is 12.8 Å². The molecule has 1 atom stereocenters. The standard InChI is InChI=1S/C14H16FNO3/c1-3-19-13(18)14(2,16-10-17)9-8-11-4-6-12(15)7-5-11/h4-7H,3,8-9H2,1-2H3. The molecular weight excluding hydrogens is 249 g/mol. The van der Waals surface area contributed by atoms with Gasteiger partial charge in [-0.2, -0.15) is 4.99 Å². The highest BCUT2D eigenvalue weighted by Crippen LogP contribution is 2.20. The van der Waals surface area contributed by atoms with Gasteiger partial charge in [0.2, 0.25) is 6.08 Å². The fraction of sp³-hybridized carbons (Fsp3) is 0.429. The number of aliphatic imine (C=N–C) groups is 1. The Morgan fingerprint density at radius 3 is 2.58 bits per heavy atom. The van der Waals surface area contributed by atoms with Gasteiger partial charge in [0.05, 0.1) is 6.61 Å². The van der Waals surface area contributed by atoms with Crippen molar-refractivity contribution < 1.29 is 18.7 Å². The first-order valence-corrected chi connectivity index (χ1v) is 6.02. The van der Waals surface area contributed by atoms with Crippen LogP contribution in [0.1, 0.15) is 25.8 Å². The molecule has 0 aromatic heterocycles. The molecule has 1 rings (SSSR count). The van der Waals surface area contributed by atoms with Crippen molar-refractivity contribution in [3.63, 3.8) is 0 Å². The molecule has 19 heavy (non-hydrogen) atoms. The SMILES string of the molecule is CCOC(=O)C(C)(CCc1ccc(F)cc1)N=C=O. The number of rotatable bonds is 6. The minimum Gasteiger partial charge on any atom is -0.464 e. The highest BCUT2D eigenvalue weighted by Gasteiger charge is 2.34. The van der Waals surface area contributed by atoms with Crippen LogP contribution in [0.5, 0.6) is 0 Å². The lowest BCUT2D eigenvalue weighted by Gasteiger charge is -2.20. The summed E-state index contributed by atoms with van der Waals surface area (Å²) in [4.78, 5) is 25.8. The van der Waals surface area contributed by atoms with Crippen LogP contribution in [-0.4, -0.2) is 24.2 Å². The number of benzene rings is 1. The van der Waals surface area contributed by atoms with E-state index in [0.717, 1.165) is 5.56 Å². The van der Waals surface area contributed by atoms with E-state index < -0.39 is 11.5 Å². The zero-order valence-corrected chi connectivity index (χ0v) is 11.0. The number of carbonyl (C=O) groups excluding carboxylic acids is 2. The summed E-state index contributed by atoms with van der Waals surface area (Å²) in [6.07, 6.45) is 2.19. The zero-order valence-electron chi connectivity index (χ0n) is 11.0. The molecule has 1 aromatic rings. The van der Waals surface area contributed by atoms with Gasteiger partial charge in [0, 0.05) is 0 Å². The van der Waals surface area contributed by atoms with Gasteiger partial charge in [0.15, 0.2) is 5.54 Å². The van der Waals surface area contributed by atoms with Gasteiger partial charge >= 0.3 is 5.97 Å². The van der Waals surface area contributed by atoms with Gasteiger partial charge < -0.3 is 4.74 Å². The van der Waals surface area contributed by atoms with E-state index in [-0.39, 0.29) is 12.4 Å². The van der Waals surface area contributed by atoms with Crippen LogP contribution in [0.3, 0.4) is 0 Å². The van der Waals surface area contributed by atoms with Gasteiger partial charge in [0.1, 0.15) is 5.82 Å². The van der Waals surface area contributed by atoms with Crippen molar-refractivity contribution >= 4 is 12.0 Å². The average Bonchev–Trinajstić information content (AvgIpc) is 2.39. The minimum atomic E-state index is -1.24. The number of hydrogen-bond acceptors (Lipinski definition) is 4. The molecule has 102 valence electrons. The molecule has 4 nitrogen and oxygen atoms in total. The first-order valence-electron chi connectivity index (χ1n) is 6.02. The second-order valence-electron chi connectivity index (χ2n) is 4.32. The molecule has 0 aliphatic rings. The Labute approximate surface area is 111 Å². The average molecular weight is 265 g/mol. The van der Waals surface area contributed by atoms with E-state index in [1.807, 2.05) is 0 Å². The minimum absolute atomic E-state index is 0.222. The van der Waals surface area contributed by atoms with E-state index in [2.05, 4.69) is 4.99 Å². The lowest BCUT2D eigenvalue weighted by molar-refractivity contribution is -0.149. The fourth-order valence-corrected chi connectivity index (χ4v) is 1.63. The van der Waals surface area contributed by atoms with Crippen LogP contribution in [0.25, 0.3) is 0 Å². The van der Waals surface area contributed by atoms with Gasteiger partial charge in [-0.25, -0.2) is 14.0 Å². The maximum Gasteiger partial charge on any atom is 0.334 e. The molecule has 0 fully saturated rings. The molecule has 0 bridgehead atoms. The Balaban J connectivity index is 2.76. The quantitative estimate of drug-likeness (QED) is 0.451. The Morgan fingerprint density at radius 2 is 2.05 bits per heavy atom. The number of ether oxygens (including phenoxy) is 1. The third kappa shape index (κ3) is 4.30. The summed E-state index contributed by atoms with van der Waals surface area (Å²) < 4.78 is 17.7.